The van der Waals surface area contributed by atoms with Crippen molar-refractivity contribution in [3.05, 3.63) is 54.3 Å². The normalized spacial score (nSPS) is 10.8. The van der Waals surface area contributed by atoms with Crippen LogP contribution in [-0.2, 0) is 0 Å². The van der Waals surface area contributed by atoms with Crippen molar-refractivity contribution >= 4 is 11.0 Å². The molecular formula is C16H14O2. The minimum absolute atomic E-state index is 0.845. The molecule has 18 heavy (non-hydrogen) atoms. The lowest BCUT2D eigenvalue weighted by atomic mass is 10.0. The number of hydrogen-bond donors (Lipinski definition) is 0. The molecule has 0 atom stereocenters. The van der Waals surface area contributed by atoms with Gasteiger partial charge in [-0.15, -0.1) is 0 Å². The summed E-state index contributed by atoms with van der Waals surface area (Å²) >= 11 is 0. The summed E-state index contributed by atoms with van der Waals surface area (Å²) in [7, 11) is 1.67. The maximum Gasteiger partial charge on any atom is 0.134 e. The molecule has 3 aromatic rings. The first kappa shape index (κ1) is 10.9. The van der Waals surface area contributed by atoms with Gasteiger partial charge in [0, 0.05) is 10.9 Å². The number of aryl methyl sites for hydroxylation is 1. The van der Waals surface area contributed by atoms with Gasteiger partial charge in [0.05, 0.1) is 13.4 Å². The summed E-state index contributed by atoms with van der Waals surface area (Å²) in [6.07, 6.45) is 1.80. The smallest absolute Gasteiger partial charge is 0.134 e. The third-order valence-corrected chi connectivity index (χ3v) is 3.14. The number of hydrogen-bond acceptors (Lipinski definition) is 2. The minimum atomic E-state index is 0.845. The molecule has 2 nitrogen and oxygen atoms in total. The van der Waals surface area contributed by atoms with Crippen molar-refractivity contribution in [2.45, 2.75) is 6.92 Å². The molecule has 0 fully saturated rings. The monoisotopic (exact) mass is 238 g/mol. The number of benzene rings is 2. The van der Waals surface area contributed by atoms with Crippen LogP contribution in [0.2, 0.25) is 0 Å². The van der Waals surface area contributed by atoms with E-state index >= 15 is 0 Å². The summed E-state index contributed by atoms with van der Waals surface area (Å²) in [4.78, 5) is 0. The van der Waals surface area contributed by atoms with Gasteiger partial charge in [0.15, 0.2) is 0 Å². The molecule has 90 valence electrons. The Hall–Kier alpha value is -2.22. The average Bonchev–Trinajstić information content (AvgIpc) is 2.82. The molecule has 2 aromatic carbocycles. The molecule has 0 saturated carbocycles. The van der Waals surface area contributed by atoms with E-state index in [0.29, 0.717) is 0 Å². The molecule has 0 aliphatic heterocycles. The van der Waals surface area contributed by atoms with Gasteiger partial charge in [-0.05, 0) is 30.7 Å². The maximum absolute atomic E-state index is 5.58. The third-order valence-electron chi connectivity index (χ3n) is 3.14. The zero-order chi connectivity index (χ0) is 12.5. The number of ether oxygens (including phenoxy) is 1. The predicted molar refractivity (Wildman–Crippen MR) is 72.9 cm³/mol. The van der Waals surface area contributed by atoms with Crippen molar-refractivity contribution in [1.82, 2.24) is 0 Å². The molecule has 0 amide bonds. The molecule has 1 aromatic heterocycles. The highest BCUT2D eigenvalue weighted by Gasteiger charge is 2.08. The SMILES string of the molecule is COc1ccc2occ(-c3ccc(C)cc3)c2c1. The molecule has 0 radical (unpaired) electrons. The van der Waals surface area contributed by atoms with Crippen LogP contribution in [-0.4, -0.2) is 7.11 Å². The Morgan fingerprint density at radius 2 is 1.78 bits per heavy atom. The van der Waals surface area contributed by atoms with E-state index in [9.17, 15) is 0 Å². The molecule has 2 heteroatoms. The van der Waals surface area contributed by atoms with E-state index < -0.39 is 0 Å². The molecular weight excluding hydrogens is 224 g/mol. The van der Waals surface area contributed by atoms with E-state index in [2.05, 4.69) is 31.2 Å². The topological polar surface area (TPSA) is 22.4 Å². The van der Waals surface area contributed by atoms with Gasteiger partial charge < -0.3 is 9.15 Å². The second-order valence-electron chi connectivity index (χ2n) is 4.38. The summed E-state index contributed by atoms with van der Waals surface area (Å²) in [6.45, 7) is 2.08. The van der Waals surface area contributed by atoms with Gasteiger partial charge in [0.2, 0.25) is 0 Å². The van der Waals surface area contributed by atoms with Crippen LogP contribution in [0.15, 0.2) is 53.1 Å². The Morgan fingerprint density at radius 3 is 2.50 bits per heavy atom. The van der Waals surface area contributed by atoms with E-state index in [1.54, 1.807) is 13.4 Å². The lowest BCUT2D eigenvalue weighted by molar-refractivity contribution is 0.415. The molecule has 0 spiro atoms. The predicted octanol–water partition coefficient (Wildman–Crippen LogP) is 4.42. The van der Waals surface area contributed by atoms with Gasteiger partial charge in [-0.1, -0.05) is 29.8 Å². The number of methoxy groups -OCH3 is 1. The van der Waals surface area contributed by atoms with Crippen molar-refractivity contribution in [3.8, 4) is 16.9 Å². The Bertz CT molecular complexity index is 678. The van der Waals surface area contributed by atoms with Crippen molar-refractivity contribution in [2.75, 3.05) is 7.11 Å². The number of furan rings is 1. The van der Waals surface area contributed by atoms with Gasteiger partial charge in [0.1, 0.15) is 11.3 Å². The fourth-order valence-electron chi connectivity index (χ4n) is 2.09. The quantitative estimate of drug-likeness (QED) is 0.659. The fourth-order valence-corrected chi connectivity index (χ4v) is 2.09. The first-order valence-corrected chi connectivity index (χ1v) is 5.90. The Balaban J connectivity index is 2.19. The lowest BCUT2D eigenvalue weighted by Crippen LogP contribution is -1.82. The van der Waals surface area contributed by atoms with E-state index in [1.165, 1.54) is 5.56 Å². The summed E-state index contributed by atoms with van der Waals surface area (Å²) in [5.74, 6) is 0.845. The first-order chi connectivity index (χ1) is 8.78. The first-order valence-electron chi connectivity index (χ1n) is 5.90. The molecule has 0 unspecified atom stereocenters. The Morgan fingerprint density at radius 1 is 1.00 bits per heavy atom. The van der Waals surface area contributed by atoms with Crippen LogP contribution in [0.5, 0.6) is 5.75 Å². The molecule has 0 saturated heterocycles. The number of fused-ring (bicyclic) bond motifs is 1. The van der Waals surface area contributed by atoms with Gasteiger partial charge in [-0.2, -0.15) is 0 Å². The molecule has 0 aliphatic rings. The zero-order valence-electron chi connectivity index (χ0n) is 10.4. The van der Waals surface area contributed by atoms with Crippen molar-refractivity contribution in [3.63, 3.8) is 0 Å². The minimum Gasteiger partial charge on any atom is -0.497 e. The van der Waals surface area contributed by atoms with Crippen LogP contribution in [0.25, 0.3) is 22.1 Å². The van der Waals surface area contributed by atoms with Crippen LogP contribution in [0.3, 0.4) is 0 Å². The summed E-state index contributed by atoms with van der Waals surface area (Å²) in [5, 5.41) is 1.08. The standard InChI is InChI=1S/C16H14O2/c1-11-3-5-12(6-4-11)15-10-18-16-8-7-13(17-2)9-14(15)16/h3-10H,1-2H3. The van der Waals surface area contributed by atoms with Gasteiger partial charge in [0.25, 0.3) is 0 Å². The highest BCUT2D eigenvalue weighted by atomic mass is 16.5. The summed E-state index contributed by atoms with van der Waals surface area (Å²) in [5.41, 5.74) is 4.40. The summed E-state index contributed by atoms with van der Waals surface area (Å²) in [6, 6.07) is 14.3. The van der Waals surface area contributed by atoms with Gasteiger partial charge >= 0.3 is 0 Å². The third kappa shape index (κ3) is 1.76. The number of rotatable bonds is 2. The molecule has 0 aliphatic carbocycles. The molecule has 0 N–H and O–H groups in total. The van der Waals surface area contributed by atoms with Crippen LogP contribution in [0, 0.1) is 6.92 Å². The van der Waals surface area contributed by atoms with E-state index in [-0.39, 0.29) is 0 Å². The Labute approximate surface area is 106 Å². The highest BCUT2D eigenvalue weighted by Crippen LogP contribution is 2.32. The fraction of sp³-hybridized carbons (Fsp3) is 0.125. The van der Waals surface area contributed by atoms with Crippen LogP contribution >= 0.6 is 0 Å². The van der Waals surface area contributed by atoms with E-state index in [1.807, 2.05) is 18.2 Å². The molecule has 0 bridgehead atoms. The van der Waals surface area contributed by atoms with E-state index in [0.717, 1.165) is 27.8 Å². The van der Waals surface area contributed by atoms with Crippen molar-refractivity contribution in [1.29, 1.82) is 0 Å². The van der Waals surface area contributed by atoms with Crippen LogP contribution in [0.1, 0.15) is 5.56 Å². The van der Waals surface area contributed by atoms with Crippen molar-refractivity contribution < 1.29 is 9.15 Å². The largest absolute Gasteiger partial charge is 0.497 e. The maximum atomic E-state index is 5.58. The second kappa shape index (κ2) is 4.22. The van der Waals surface area contributed by atoms with Gasteiger partial charge in [-0.25, -0.2) is 0 Å². The Kier molecular flexibility index (Phi) is 2.56. The average molecular weight is 238 g/mol. The molecule has 1 heterocycles. The lowest BCUT2D eigenvalue weighted by Gasteiger charge is -2.01. The van der Waals surface area contributed by atoms with Crippen molar-refractivity contribution in [2.24, 2.45) is 0 Å². The van der Waals surface area contributed by atoms with E-state index in [4.69, 9.17) is 9.15 Å². The molecule has 3 rings (SSSR count). The highest BCUT2D eigenvalue weighted by molar-refractivity contribution is 5.94. The van der Waals surface area contributed by atoms with Crippen LogP contribution in [0.4, 0.5) is 0 Å². The zero-order valence-corrected chi connectivity index (χ0v) is 10.4. The van der Waals surface area contributed by atoms with Gasteiger partial charge in [-0.3, -0.25) is 0 Å². The second-order valence-corrected chi connectivity index (χ2v) is 4.38. The summed E-state index contributed by atoms with van der Waals surface area (Å²) < 4.78 is 10.8. The van der Waals surface area contributed by atoms with Crippen LogP contribution < -0.4 is 4.74 Å².